The highest BCUT2D eigenvalue weighted by Crippen LogP contribution is 2.35. The Morgan fingerprint density at radius 3 is 2.55 bits per heavy atom. The minimum atomic E-state index is -0.0244. The monoisotopic (exact) mass is 435 g/mol. The molecule has 0 unspecified atom stereocenters. The first kappa shape index (κ1) is 19.9. The van der Waals surface area contributed by atoms with Crippen molar-refractivity contribution in [1.82, 2.24) is 10.2 Å². The Hall–Kier alpha value is -3.03. The number of hydrogen-bond donors (Lipinski definition) is 1. The third-order valence-corrected chi connectivity index (χ3v) is 6.73. The van der Waals surface area contributed by atoms with E-state index in [1.54, 1.807) is 0 Å². The van der Waals surface area contributed by atoms with E-state index in [-0.39, 0.29) is 18.7 Å². The second-order valence-corrected chi connectivity index (χ2v) is 8.62. The number of ether oxygens (including phenoxy) is 2. The van der Waals surface area contributed by atoms with Gasteiger partial charge in [0.15, 0.2) is 11.5 Å². The van der Waals surface area contributed by atoms with Crippen LogP contribution in [0.4, 0.5) is 5.69 Å². The standard InChI is InChI=1S/C24H25N3O3S/c28-24(23-7-4-14-31-23)25-16-20(18-8-9-21-22(15-18)30-17-29-21)27-12-10-26(11-13-27)19-5-2-1-3-6-19/h1-9,14-15,20H,10-13,16-17H2,(H,25,28)/t20-/m0/s1. The van der Waals surface area contributed by atoms with Gasteiger partial charge in [0.25, 0.3) is 5.91 Å². The van der Waals surface area contributed by atoms with Gasteiger partial charge in [0.1, 0.15) is 0 Å². The Bertz CT molecular complexity index is 1020. The Labute approximate surface area is 186 Å². The summed E-state index contributed by atoms with van der Waals surface area (Å²) in [5, 5.41) is 5.06. The Balaban J connectivity index is 1.32. The fraction of sp³-hybridized carbons (Fsp3) is 0.292. The summed E-state index contributed by atoms with van der Waals surface area (Å²) in [4.78, 5) is 18.2. The Morgan fingerprint density at radius 1 is 0.968 bits per heavy atom. The number of carbonyl (C=O) groups is 1. The van der Waals surface area contributed by atoms with Crippen LogP contribution in [0.2, 0.25) is 0 Å². The van der Waals surface area contributed by atoms with Crippen molar-refractivity contribution in [3.05, 3.63) is 76.5 Å². The summed E-state index contributed by atoms with van der Waals surface area (Å²) < 4.78 is 11.1. The molecule has 3 heterocycles. The minimum absolute atomic E-state index is 0.0244. The molecule has 3 aromatic rings. The normalized spacial score (nSPS) is 16.8. The number of amides is 1. The molecule has 1 amide bonds. The molecule has 1 aromatic heterocycles. The van der Waals surface area contributed by atoms with Crippen LogP contribution in [0.5, 0.6) is 11.5 Å². The zero-order valence-corrected chi connectivity index (χ0v) is 18.0. The SMILES string of the molecule is O=C(NC[C@@H](c1ccc2c(c1)OCO2)N1CCN(c2ccccc2)CC1)c1cccs1. The number of rotatable bonds is 6. The molecule has 1 fully saturated rings. The van der Waals surface area contributed by atoms with Gasteiger partial charge in [-0.2, -0.15) is 0 Å². The third-order valence-electron chi connectivity index (χ3n) is 5.86. The number of thiophene rings is 1. The molecule has 31 heavy (non-hydrogen) atoms. The van der Waals surface area contributed by atoms with Crippen molar-refractivity contribution < 1.29 is 14.3 Å². The van der Waals surface area contributed by atoms with Gasteiger partial charge in [0.05, 0.1) is 10.9 Å². The average molecular weight is 436 g/mol. The predicted octanol–water partition coefficient (Wildman–Crippen LogP) is 3.77. The molecular formula is C24H25N3O3S. The van der Waals surface area contributed by atoms with Crippen molar-refractivity contribution in [2.45, 2.75) is 6.04 Å². The van der Waals surface area contributed by atoms with Gasteiger partial charge in [-0.3, -0.25) is 9.69 Å². The first-order valence-electron chi connectivity index (χ1n) is 10.5. The van der Waals surface area contributed by atoms with E-state index in [9.17, 15) is 4.79 Å². The summed E-state index contributed by atoms with van der Waals surface area (Å²) in [5.74, 6) is 1.53. The maximum absolute atomic E-state index is 12.6. The van der Waals surface area contributed by atoms with Crippen molar-refractivity contribution in [2.75, 3.05) is 44.4 Å². The van der Waals surface area contributed by atoms with Crippen molar-refractivity contribution >= 4 is 22.9 Å². The van der Waals surface area contributed by atoms with E-state index in [0.717, 1.165) is 48.1 Å². The number of fused-ring (bicyclic) bond motifs is 1. The topological polar surface area (TPSA) is 54.0 Å². The van der Waals surface area contributed by atoms with Crippen LogP contribution in [0.15, 0.2) is 66.0 Å². The highest BCUT2D eigenvalue weighted by molar-refractivity contribution is 7.12. The Kier molecular flexibility index (Phi) is 5.78. The van der Waals surface area contributed by atoms with E-state index in [2.05, 4.69) is 45.4 Å². The molecule has 160 valence electrons. The van der Waals surface area contributed by atoms with Crippen molar-refractivity contribution in [3.63, 3.8) is 0 Å². The molecule has 2 aliphatic rings. The lowest BCUT2D eigenvalue weighted by molar-refractivity contribution is 0.0934. The molecule has 6 nitrogen and oxygen atoms in total. The van der Waals surface area contributed by atoms with E-state index in [1.165, 1.54) is 17.0 Å². The van der Waals surface area contributed by atoms with Crippen LogP contribution >= 0.6 is 11.3 Å². The second kappa shape index (κ2) is 8.99. The van der Waals surface area contributed by atoms with Gasteiger partial charge < -0.3 is 19.7 Å². The van der Waals surface area contributed by atoms with Crippen LogP contribution < -0.4 is 19.7 Å². The van der Waals surface area contributed by atoms with Crippen molar-refractivity contribution in [1.29, 1.82) is 0 Å². The molecule has 1 atom stereocenters. The first-order valence-corrected chi connectivity index (χ1v) is 11.4. The number of nitrogens with zero attached hydrogens (tertiary/aromatic N) is 2. The van der Waals surface area contributed by atoms with Crippen LogP contribution in [-0.2, 0) is 0 Å². The van der Waals surface area contributed by atoms with E-state index in [4.69, 9.17) is 9.47 Å². The molecule has 0 bridgehead atoms. The largest absolute Gasteiger partial charge is 0.454 e. The average Bonchev–Trinajstić information content (AvgIpc) is 3.52. The lowest BCUT2D eigenvalue weighted by atomic mass is 10.0. The maximum Gasteiger partial charge on any atom is 0.261 e. The van der Waals surface area contributed by atoms with Crippen LogP contribution in [0.1, 0.15) is 21.3 Å². The van der Waals surface area contributed by atoms with Gasteiger partial charge in [-0.05, 0) is 41.3 Å². The number of hydrogen-bond acceptors (Lipinski definition) is 6. The summed E-state index contributed by atoms with van der Waals surface area (Å²) in [6.07, 6.45) is 0. The number of anilines is 1. The molecule has 1 saturated heterocycles. The van der Waals surface area contributed by atoms with Crippen LogP contribution in [0.25, 0.3) is 0 Å². The lowest BCUT2D eigenvalue weighted by Gasteiger charge is -2.40. The van der Waals surface area contributed by atoms with Gasteiger partial charge in [-0.25, -0.2) is 0 Å². The van der Waals surface area contributed by atoms with Crippen LogP contribution in [-0.4, -0.2) is 50.3 Å². The number of carbonyl (C=O) groups excluding carboxylic acids is 1. The molecule has 0 radical (unpaired) electrons. The molecule has 5 rings (SSSR count). The fourth-order valence-electron chi connectivity index (χ4n) is 4.19. The molecule has 2 aromatic carbocycles. The summed E-state index contributed by atoms with van der Waals surface area (Å²) >= 11 is 1.46. The zero-order chi connectivity index (χ0) is 21.0. The van der Waals surface area contributed by atoms with Crippen LogP contribution in [0.3, 0.4) is 0 Å². The van der Waals surface area contributed by atoms with Gasteiger partial charge >= 0.3 is 0 Å². The van der Waals surface area contributed by atoms with Crippen molar-refractivity contribution in [3.8, 4) is 11.5 Å². The minimum Gasteiger partial charge on any atom is -0.454 e. The predicted molar refractivity (Wildman–Crippen MR) is 122 cm³/mol. The summed E-state index contributed by atoms with van der Waals surface area (Å²) in [5.41, 5.74) is 2.39. The molecule has 7 heteroatoms. The van der Waals surface area contributed by atoms with E-state index in [1.807, 2.05) is 35.7 Å². The number of nitrogens with one attached hydrogen (secondary N) is 1. The van der Waals surface area contributed by atoms with Crippen LogP contribution in [0, 0.1) is 0 Å². The molecule has 0 aliphatic carbocycles. The second-order valence-electron chi connectivity index (χ2n) is 7.67. The number of para-hydroxylation sites is 1. The van der Waals surface area contributed by atoms with E-state index < -0.39 is 0 Å². The van der Waals surface area contributed by atoms with E-state index >= 15 is 0 Å². The van der Waals surface area contributed by atoms with Gasteiger partial charge in [-0.15, -0.1) is 11.3 Å². The lowest BCUT2D eigenvalue weighted by Crippen LogP contribution is -2.49. The third kappa shape index (κ3) is 4.38. The quantitative estimate of drug-likeness (QED) is 0.639. The zero-order valence-electron chi connectivity index (χ0n) is 17.2. The molecule has 0 spiro atoms. The van der Waals surface area contributed by atoms with E-state index in [0.29, 0.717) is 6.54 Å². The van der Waals surface area contributed by atoms with Gasteiger partial charge in [0.2, 0.25) is 6.79 Å². The smallest absolute Gasteiger partial charge is 0.261 e. The molecule has 0 saturated carbocycles. The molecular weight excluding hydrogens is 410 g/mol. The number of benzene rings is 2. The number of piperazine rings is 1. The maximum atomic E-state index is 12.6. The van der Waals surface area contributed by atoms with Crippen molar-refractivity contribution in [2.24, 2.45) is 0 Å². The van der Waals surface area contributed by atoms with Gasteiger partial charge in [-0.1, -0.05) is 30.3 Å². The first-order chi connectivity index (χ1) is 15.3. The highest BCUT2D eigenvalue weighted by Gasteiger charge is 2.27. The fourth-order valence-corrected chi connectivity index (χ4v) is 4.83. The molecule has 2 aliphatic heterocycles. The van der Waals surface area contributed by atoms with Gasteiger partial charge in [0, 0.05) is 38.4 Å². The summed E-state index contributed by atoms with van der Waals surface area (Å²) in [7, 11) is 0. The summed E-state index contributed by atoms with van der Waals surface area (Å²) in [6, 6.07) is 20.4. The molecule has 1 N–H and O–H groups in total. The summed E-state index contributed by atoms with van der Waals surface area (Å²) in [6.45, 7) is 4.54. The Morgan fingerprint density at radius 2 is 1.77 bits per heavy atom. The highest BCUT2D eigenvalue weighted by atomic mass is 32.1.